The number of rotatable bonds is 5. The summed E-state index contributed by atoms with van der Waals surface area (Å²) in [6.07, 6.45) is 1.75. The van der Waals surface area contributed by atoms with Gasteiger partial charge in [0.25, 0.3) is 0 Å². The van der Waals surface area contributed by atoms with Crippen molar-refractivity contribution in [1.82, 2.24) is 0 Å². The fourth-order valence-electron chi connectivity index (χ4n) is 2.52. The summed E-state index contributed by atoms with van der Waals surface area (Å²) in [4.78, 5) is 0. The highest BCUT2D eigenvalue weighted by atomic mass is 35.5. The highest BCUT2D eigenvalue weighted by Gasteiger charge is 2.13. The first-order valence-electron chi connectivity index (χ1n) is 8.83. The first-order valence-corrected chi connectivity index (χ1v) is 9.21. The summed E-state index contributed by atoms with van der Waals surface area (Å²) in [5.74, 6) is 1.62. The molecule has 0 bridgehead atoms. The quantitative estimate of drug-likeness (QED) is 0.388. The molecule has 0 unspecified atom stereocenters. The lowest BCUT2D eigenvalue weighted by molar-refractivity contribution is 0.481. The number of halogens is 1. The van der Waals surface area contributed by atoms with Gasteiger partial charge >= 0.3 is 0 Å². The van der Waals surface area contributed by atoms with E-state index in [4.69, 9.17) is 16.3 Å². The Kier molecular flexibility index (Phi) is 5.82. The Morgan fingerprint density at radius 3 is 2.11 bits per heavy atom. The first-order chi connectivity index (χ1) is 12.9. The normalized spacial score (nSPS) is 11.6. The maximum atomic E-state index is 5.95. The molecule has 0 radical (unpaired) electrons. The Morgan fingerprint density at radius 2 is 1.52 bits per heavy atom. The molecule has 3 nitrogen and oxygen atoms in total. The molecule has 0 saturated carbocycles. The minimum atomic E-state index is 0.138. The van der Waals surface area contributed by atoms with E-state index in [0.717, 1.165) is 22.7 Å². The second kappa shape index (κ2) is 8.28. The molecular weight excluding hydrogens is 356 g/mol. The van der Waals surface area contributed by atoms with Gasteiger partial charge in [-0.2, -0.15) is 5.10 Å². The average molecular weight is 379 g/mol. The summed E-state index contributed by atoms with van der Waals surface area (Å²) < 4.78 is 5.91. The molecule has 0 spiro atoms. The largest absolute Gasteiger partial charge is 0.457 e. The van der Waals surface area contributed by atoms with Gasteiger partial charge < -0.3 is 4.74 Å². The lowest BCUT2D eigenvalue weighted by atomic mass is 9.87. The van der Waals surface area contributed by atoms with E-state index in [0.29, 0.717) is 5.02 Å². The molecule has 0 atom stereocenters. The van der Waals surface area contributed by atoms with Crippen LogP contribution in [0.15, 0.2) is 77.9 Å². The zero-order chi connectivity index (χ0) is 19.3. The number of hydrazone groups is 1. The summed E-state index contributed by atoms with van der Waals surface area (Å²) in [7, 11) is 0. The summed E-state index contributed by atoms with van der Waals surface area (Å²) >= 11 is 5.95. The Balaban J connectivity index is 1.59. The van der Waals surface area contributed by atoms with Gasteiger partial charge in [0.05, 0.1) is 11.9 Å². The molecule has 0 aliphatic carbocycles. The fraction of sp³-hybridized carbons (Fsp3) is 0.174. The zero-order valence-electron chi connectivity index (χ0n) is 15.7. The molecule has 138 valence electrons. The van der Waals surface area contributed by atoms with Crippen LogP contribution in [-0.4, -0.2) is 6.21 Å². The van der Waals surface area contributed by atoms with E-state index in [2.05, 4.69) is 43.4 Å². The first kappa shape index (κ1) is 19.0. The third-order valence-corrected chi connectivity index (χ3v) is 4.30. The maximum Gasteiger partial charge on any atom is 0.127 e. The second-order valence-electron chi connectivity index (χ2n) is 7.33. The van der Waals surface area contributed by atoms with Gasteiger partial charge in [-0.25, -0.2) is 0 Å². The monoisotopic (exact) mass is 378 g/mol. The number of hydrogen-bond donors (Lipinski definition) is 1. The number of nitrogens with one attached hydrogen (secondary N) is 1. The number of anilines is 1. The molecule has 3 rings (SSSR count). The minimum Gasteiger partial charge on any atom is -0.457 e. The van der Waals surface area contributed by atoms with E-state index >= 15 is 0 Å². The summed E-state index contributed by atoms with van der Waals surface area (Å²) in [6.45, 7) is 6.60. The SMILES string of the molecule is CC(C)(C)c1ccc(Oc2ccc(C=NNc3cccc(Cl)c3)cc2)cc1. The van der Waals surface area contributed by atoms with Crippen LogP contribution < -0.4 is 10.2 Å². The van der Waals surface area contributed by atoms with E-state index < -0.39 is 0 Å². The van der Waals surface area contributed by atoms with Crippen LogP contribution >= 0.6 is 11.6 Å². The molecule has 0 amide bonds. The third-order valence-electron chi connectivity index (χ3n) is 4.07. The van der Waals surface area contributed by atoms with Gasteiger partial charge in [-0.3, -0.25) is 5.43 Å². The van der Waals surface area contributed by atoms with Gasteiger partial charge in [0.15, 0.2) is 0 Å². The Labute approximate surface area is 165 Å². The summed E-state index contributed by atoms with van der Waals surface area (Å²) in [5, 5.41) is 4.90. The van der Waals surface area contributed by atoms with Crippen molar-refractivity contribution in [3.8, 4) is 11.5 Å². The van der Waals surface area contributed by atoms with Crippen LogP contribution in [-0.2, 0) is 5.41 Å². The van der Waals surface area contributed by atoms with Crippen LogP contribution in [0.5, 0.6) is 11.5 Å². The number of hydrogen-bond acceptors (Lipinski definition) is 3. The van der Waals surface area contributed by atoms with Crippen molar-refractivity contribution >= 4 is 23.5 Å². The number of nitrogens with zero attached hydrogens (tertiary/aromatic N) is 1. The summed E-state index contributed by atoms with van der Waals surface area (Å²) in [5.41, 5.74) is 6.20. The predicted octanol–water partition coefficient (Wildman–Crippen LogP) is 6.88. The van der Waals surface area contributed by atoms with Crippen molar-refractivity contribution < 1.29 is 4.74 Å². The van der Waals surface area contributed by atoms with Gasteiger partial charge in [-0.15, -0.1) is 0 Å². The molecule has 1 N–H and O–H groups in total. The average Bonchev–Trinajstić information content (AvgIpc) is 2.63. The summed E-state index contributed by atoms with van der Waals surface area (Å²) in [6, 6.07) is 23.4. The molecule has 0 aliphatic heterocycles. The molecule has 4 heteroatoms. The van der Waals surface area contributed by atoms with Crippen LogP contribution in [0.4, 0.5) is 5.69 Å². The number of benzene rings is 3. The van der Waals surface area contributed by atoms with Gasteiger partial charge in [-0.1, -0.05) is 50.6 Å². The van der Waals surface area contributed by atoms with Crippen LogP contribution in [0.2, 0.25) is 5.02 Å². The molecule has 0 heterocycles. The second-order valence-corrected chi connectivity index (χ2v) is 7.76. The lowest BCUT2D eigenvalue weighted by Gasteiger charge is -2.19. The maximum absolute atomic E-state index is 5.95. The molecule has 0 aliphatic rings. The highest BCUT2D eigenvalue weighted by molar-refractivity contribution is 6.30. The fourth-order valence-corrected chi connectivity index (χ4v) is 2.71. The van der Waals surface area contributed by atoms with Crippen molar-refractivity contribution in [2.24, 2.45) is 5.10 Å². The van der Waals surface area contributed by atoms with Gasteiger partial charge in [0.2, 0.25) is 0 Å². The van der Waals surface area contributed by atoms with Crippen LogP contribution in [0.25, 0.3) is 0 Å². The van der Waals surface area contributed by atoms with Crippen LogP contribution in [0, 0.1) is 0 Å². The molecule has 3 aromatic rings. The predicted molar refractivity (Wildman–Crippen MR) is 114 cm³/mol. The van der Waals surface area contributed by atoms with E-state index in [1.165, 1.54) is 5.56 Å². The molecule has 0 aromatic heterocycles. The number of ether oxygens (including phenoxy) is 1. The van der Waals surface area contributed by atoms with Gasteiger partial charge in [0, 0.05) is 5.02 Å². The molecular formula is C23H23ClN2O. The smallest absolute Gasteiger partial charge is 0.127 e. The van der Waals surface area contributed by atoms with Gasteiger partial charge in [-0.05, 0) is 71.1 Å². The van der Waals surface area contributed by atoms with Crippen LogP contribution in [0.3, 0.4) is 0 Å². The molecule has 0 saturated heterocycles. The Hall–Kier alpha value is -2.78. The van der Waals surface area contributed by atoms with Crippen molar-refractivity contribution in [3.05, 3.63) is 88.9 Å². The standard InChI is InChI=1S/C23H23ClN2O/c1-23(2,3)18-9-13-22(14-10-18)27-21-11-7-17(8-12-21)16-25-26-20-6-4-5-19(24)15-20/h4-16,26H,1-3H3. The van der Waals surface area contributed by atoms with Crippen LogP contribution in [0.1, 0.15) is 31.9 Å². The zero-order valence-corrected chi connectivity index (χ0v) is 16.5. The van der Waals surface area contributed by atoms with E-state index in [1.807, 2.05) is 60.7 Å². The molecule has 3 aromatic carbocycles. The van der Waals surface area contributed by atoms with Gasteiger partial charge in [0.1, 0.15) is 11.5 Å². The highest BCUT2D eigenvalue weighted by Crippen LogP contribution is 2.27. The van der Waals surface area contributed by atoms with E-state index in [1.54, 1.807) is 6.21 Å². The Bertz CT molecular complexity index is 910. The van der Waals surface area contributed by atoms with Crippen molar-refractivity contribution in [3.63, 3.8) is 0 Å². The van der Waals surface area contributed by atoms with Crippen molar-refractivity contribution in [2.45, 2.75) is 26.2 Å². The topological polar surface area (TPSA) is 33.6 Å². The lowest BCUT2D eigenvalue weighted by Crippen LogP contribution is -2.10. The van der Waals surface area contributed by atoms with E-state index in [9.17, 15) is 0 Å². The minimum absolute atomic E-state index is 0.138. The van der Waals surface area contributed by atoms with E-state index in [-0.39, 0.29) is 5.41 Å². The Morgan fingerprint density at radius 1 is 0.889 bits per heavy atom. The van der Waals surface area contributed by atoms with Crippen molar-refractivity contribution in [1.29, 1.82) is 0 Å². The van der Waals surface area contributed by atoms with Crippen molar-refractivity contribution in [2.75, 3.05) is 5.43 Å². The molecule has 0 fully saturated rings. The molecule has 27 heavy (non-hydrogen) atoms. The third kappa shape index (κ3) is 5.60.